The van der Waals surface area contributed by atoms with E-state index in [0.717, 1.165) is 24.3 Å². The van der Waals surface area contributed by atoms with Crippen LogP contribution in [-0.4, -0.2) is 33.5 Å². The van der Waals surface area contributed by atoms with Gasteiger partial charge in [-0.1, -0.05) is 29.0 Å². The molecular formula is C25H23N3O7S2. The number of carbonyl (C=O) groups excluding carboxylic acids is 2. The van der Waals surface area contributed by atoms with Crippen LogP contribution < -0.4 is 10.1 Å². The van der Waals surface area contributed by atoms with Crippen LogP contribution in [0.2, 0.25) is 0 Å². The fourth-order valence-electron chi connectivity index (χ4n) is 3.52. The molecular weight excluding hydrogens is 518 g/mol. The van der Waals surface area contributed by atoms with Gasteiger partial charge in [0.2, 0.25) is 0 Å². The topological polar surface area (TPSA) is 130 Å². The van der Waals surface area contributed by atoms with Gasteiger partial charge in [-0.15, -0.1) is 0 Å². The minimum Gasteiger partial charge on any atom is -0.445 e. The van der Waals surface area contributed by atoms with Crippen molar-refractivity contribution in [1.82, 2.24) is 4.98 Å². The Morgan fingerprint density at radius 3 is 2.54 bits per heavy atom. The molecule has 4 rings (SSSR count). The fraction of sp³-hybridized carbons (Fsp3) is 0.240. The zero-order chi connectivity index (χ0) is 26.0. The van der Waals surface area contributed by atoms with Crippen LogP contribution in [0.15, 0.2) is 78.0 Å². The van der Waals surface area contributed by atoms with Gasteiger partial charge in [0.1, 0.15) is 23.5 Å². The van der Waals surface area contributed by atoms with Gasteiger partial charge in [-0.05, 0) is 72.0 Å². The minimum atomic E-state index is -0.940. The smallest absolute Gasteiger partial charge is 0.445 e. The molecule has 37 heavy (non-hydrogen) atoms. The first-order valence-electron chi connectivity index (χ1n) is 11.4. The van der Waals surface area contributed by atoms with Crippen molar-refractivity contribution in [3.63, 3.8) is 0 Å². The summed E-state index contributed by atoms with van der Waals surface area (Å²) in [7, 11) is 3.26. The molecule has 10 nitrogen and oxygen atoms in total. The monoisotopic (exact) mass is 541 g/mol. The number of nitrogens with zero attached hydrogens (tertiary/aromatic N) is 2. The zero-order valence-electron chi connectivity index (χ0n) is 19.5. The number of anilines is 1. The molecule has 1 aliphatic rings. The Kier molecular flexibility index (Phi) is 9.22. The first-order chi connectivity index (χ1) is 18.0. The largest absolute Gasteiger partial charge is 0.514 e. The van der Waals surface area contributed by atoms with Crippen molar-refractivity contribution < 1.29 is 28.7 Å². The van der Waals surface area contributed by atoms with Crippen molar-refractivity contribution in [2.75, 3.05) is 5.32 Å². The molecule has 1 saturated carbocycles. The lowest BCUT2D eigenvalue weighted by Crippen LogP contribution is -2.26. The summed E-state index contributed by atoms with van der Waals surface area (Å²) in [6, 6.07) is 17.6. The second kappa shape index (κ2) is 13.0. The minimum absolute atomic E-state index is 0.0501. The SMILES string of the molecule is O=C(Nc1ccc(COC(=O)Oc2ccc([N+](=O)[O-])cc2)cc1)O[C@@H]1CCCC1SSc1ccccn1. The Morgan fingerprint density at radius 1 is 1.05 bits per heavy atom. The number of amides is 1. The third-order valence-electron chi connectivity index (χ3n) is 5.35. The Balaban J connectivity index is 1.19. The second-order valence-corrected chi connectivity index (χ2v) is 10.4. The van der Waals surface area contributed by atoms with Crippen LogP contribution in [0.5, 0.6) is 5.75 Å². The average Bonchev–Trinajstić information content (AvgIpc) is 3.34. The van der Waals surface area contributed by atoms with E-state index in [0.29, 0.717) is 11.3 Å². The molecule has 1 unspecified atom stereocenters. The van der Waals surface area contributed by atoms with Gasteiger partial charge in [-0.3, -0.25) is 15.4 Å². The van der Waals surface area contributed by atoms with Gasteiger partial charge in [0.05, 0.1) is 10.2 Å². The average molecular weight is 542 g/mol. The van der Waals surface area contributed by atoms with E-state index in [2.05, 4.69) is 10.3 Å². The summed E-state index contributed by atoms with van der Waals surface area (Å²) in [4.78, 5) is 38.7. The van der Waals surface area contributed by atoms with E-state index in [4.69, 9.17) is 14.2 Å². The van der Waals surface area contributed by atoms with E-state index in [1.807, 2.05) is 18.2 Å². The molecule has 0 saturated heterocycles. The molecule has 1 heterocycles. The molecule has 0 radical (unpaired) electrons. The summed E-state index contributed by atoms with van der Waals surface area (Å²) < 4.78 is 15.7. The summed E-state index contributed by atoms with van der Waals surface area (Å²) in [5, 5.41) is 14.5. The number of hydrogen-bond donors (Lipinski definition) is 1. The van der Waals surface area contributed by atoms with Crippen LogP contribution in [0.3, 0.4) is 0 Å². The van der Waals surface area contributed by atoms with E-state index in [9.17, 15) is 19.7 Å². The quantitative estimate of drug-likeness (QED) is 0.104. The molecule has 0 aliphatic heterocycles. The van der Waals surface area contributed by atoms with Gasteiger partial charge in [-0.25, -0.2) is 14.6 Å². The number of pyridine rings is 1. The number of non-ortho nitro benzene ring substituents is 1. The van der Waals surface area contributed by atoms with Gasteiger partial charge < -0.3 is 14.2 Å². The predicted octanol–water partition coefficient (Wildman–Crippen LogP) is 6.62. The maximum absolute atomic E-state index is 12.4. The Labute approximate surface area is 220 Å². The molecule has 0 bridgehead atoms. The van der Waals surface area contributed by atoms with Gasteiger partial charge in [0.15, 0.2) is 0 Å². The lowest BCUT2D eigenvalue weighted by Gasteiger charge is -2.19. The predicted molar refractivity (Wildman–Crippen MR) is 140 cm³/mol. The van der Waals surface area contributed by atoms with Crippen LogP contribution >= 0.6 is 21.6 Å². The third kappa shape index (κ3) is 8.12. The van der Waals surface area contributed by atoms with E-state index in [1.54, 1.807) is 52.1 Å². The van der Waals surface area contributed by atoms with Crippen LogP contribution in [-0.2, 0) is 16.1 Å². The van der Waals surface area contributed by atoms with Crippen LogP contribution in [0.1, 0.15) is 24.8 Å². The van der Waals surface area contributed by atoms with Gasteiger partial charge in [-0.2, -0.15) is 0 Å². The normalized spacial score (nSPS) is 16.5. The van der Waals surface area contributed by atoms with Crippen molar-refractivity contribution in [2.24, 2.45) is 0 Å². The lowest BCUT2D eigenvalue weighted by atomic mass is 10.2. The molecule has 1 fully saturated rings. The number of rotatable bonds is 9. The maximum atomic E-state index is 12.4. The zero-order valence-corrected chi connectivity index (χ0v) is 21.1. The molecule has 192 valence electrons. The van der Waals surface area contributed by atoms with Gasteiger partial charge >= 0.3 is 12.2 Å². The highest BCUT2D eigenvalue weighted by Crippen LogP contribution is 2.41. The number of nitro benzene ring substituents is 1. The molecule has 0 spiro atoms. The highest BCUT2D eigenvalue weighted by Gasteiger charge is 2.31. The van der Waals surface area contributed by atoms with Gasteiger partial charge in [0.25, 0.3) is 5.69 Å². The van der Waals surface area contributed by atoms with Crippen molar-refractivity contribution in [3.05, 3.63) is 88.6 Å². The number of benzene rings is 2. The highest BCUT2D eigenvalue weighted by molar-refractivity contribution is 8.76. The fourth-order valence-corrected chi connectivity index (χ4v) is 6.18. The summed E-state index contributed by atoms with van der Waals surface area (Å²) in [6.07, 6.45) is 2.92. The van der Waals surface area contributed by atoms with Crippen molar-refractivity contribution in [1.29, 1.82) is 0 Å². The Bertz CT molecular complexity index is 1210. The van der Waals surface area contributed by atoms with E-state index < -0.39 is 17.2 Å². The molecule has 2 aromatic carbocycles. The lowest BCUT2D eigenvalue weighted by molar-refractivity contribution is -0.384. The number of ether oxygens (including phenoxy) is 3. The number of nitrogens with one attached hydrogen (secondary N) is 1. The first kappa shape index (κ1) is 26.3. The summed E-state index contributed by atoms with van der Waals surface area (Å²) in [6.45, 7) is -0.0501. The summed E-state index contributed by atoms with van der Waals surface area (Å²) >= 11 is 0. The Hall–Kier alpha value is -3.77. The van der Waals surface area contributed by atoms with E-state index >= 15 is 0 Å². The first-order valence-corrected chi connectivity index (χ1v) is 13.6. The summed E-state index contributed by atoms with van der Waals surface area (Å²) in [5.41, 5.74) is 1.12. The molecule has 1 aromatic heterocycles. The number of hydrogen-bond acceptors (Lipinski definition) is 10. The van der Waals surface area contributed by atoms with E-state index in [-0.39, 0.29) is 29.4 Å². The van der Waals surface area contributed by atoms with Gasteiger partial charge in [0, 0.05) is 24.0 Å². The second-order valence-electron chi connectivity index (χ2n) is 7.97. The van der Waals surface area contributed by atoms with Crippen LogP contribution in [0.25, 0.3) is 0 Å². The third-order valence-corrected chi connectivity index (χ3v) is 8.19. The van der Waals surface area contributed by atoms with Crippen LogP contribution in [0, 0.1) is 10.1 Å². The molecule has 1 aliphatic carbocycles. The van der Waals surface area contributed by atoms with E-state index in [1.165, 1.54) is 24.3 Å². The van der Waals surface area contributed by atoms with Crippen LogP contribution in [0.4, 0.5) is 21.0 Å². The standard InChI is InChI=1S/C25H23N3O7S2/c29-24(35-21-4-3-5-22(21)36-37-23-6-1-2-15-26-23)27-18-9-7-17(8-10-18)16-33-25(30)34-20-13-11-19(12-14-20)28(31)32/h1-2,6-15,21-22H,3-5,16H2,(H,27,29)/t21-,22?/m1/s1. The number of carbonyl (C=O) groups is 2. The van der Waals surface area contributed by atoms with Crippen molar-refractivity contribution >= 4 is 45.2 Å². The number of aromatic nitrogens is 1. The van der Waals surface area contributed by atoms with Crippen molar-refractivity contribution in [2.45, 2.75) is 42.2 Å². The Morgan fingerprint density at radius 2 is 1.84 bits per heavy atom. The molecule has 2 atom stereocenters. The maximum Gasteiger partial charge on any atom is 0.514 e. The molecule has 12 heteroatoms. The van der Waals surface area contributed by atoms with Crippen molar-refractivity contribution in [3.8, 4) is 5.75 Å². The highest BCUT2D eigenvalue weighted by atomic mass is 33.1. The summed E-state index contributed by atoms with van der Waals surface area (Å²) in [5.74, 6) is 0.131. The molecule has 3 aromatic rings. The molecule has 1 amide bonds. The molecule has 1 N–H and O–H groups in total. The number of nitro groups is 1.